The normalized spacial score (nSPS) is 13.7. The molecule has 4 aromatic heterocycles. The van der Waals surface area contributed by atoms with Crippen LogP contribution in [0.1, 0.15) is 37.3 Å². The number of carbonyl (C=O) groups is 1. The summed E-state index contributed by atoms with van der Waals surface area (Å²) < 4.78 is 15.3. The van der Waals surface area contributed by atoms with Crippen molar-refractivity contribution in [1.29, 1.82) is 0 Å². The van der Waals surface area contributed by atoms with E-state index in [1.165, 1.54) is 21.8 Å². The van der Waals surface area contributed by atoms with Gasteiger partial charge in [-0.1, -0.05) is 19.9 Å². The molecule has 5 heterocycles. The van der Waals surface area contributed by atoms with Gasteiger partial charge in [-0.25, -0.2) is 19.4 Å². The maximum Gasteiger partial charge on any atom is 0.247 e. The van der Waals surface area contributed by atoms with Crippen molar-refractivity contribution in [3.05, 3.63) is 59.9 Å². The van der Waals surface area contributed by atoms with Crippen LogP contribution in [0.5, 0.6) is 0 Å². The molecule has 0 spiro atoms. The van der Waals surface area contributed by atoms with Gasteiger partial charge < -0.3 is 0 Å². The van der Waals surface area contributed by atoms with Crippen molar-refractivity contribution in [3.63, 3.8) is 0 Å². The van der Waals surface area contributed by atoms with Gasteiger partial charge in [-0.3, -0.25) is 15.2 Å². The van der Waals surface area contributed by atoms with Crippen LogP contribution in [-0.2, 0) is 11.2 Å². The zero-order chi connectivity index (χ0) is 21.5. The Hall–Kier alpha value is -3.95. The molecule has 0 atom stereocenters. The minimum absolute atomic E-state index is 0.136. The van der Waals surface area contributed by atoms with Crippen molar-refractivity contribution in [3.8, 4) is 11.4 Å². The van der Waals surface area contributed by atoms with E-state index in [2.05, 4.69) is 30.5 Å². The Kier molecular flexibility index (Phi) is 4.54. The predicted octanol–water partition coefficient (Wildman–Crippen LogP) is 3.15. The molecule has 1 aliphatic rings. The number of aryl methyl sites for hydroxylation is 1. The smallest absolute Gasteiger partial charge is 0.247 e. The van der Waals surface area contributed by atoms with E-state index >= 15 is 0 Å². The van der Waals surface area contributed by atoms with Crippen LogP contribution in [-0.4, -0.2) is 35.5 Å². The molecule has 1 amide bonds. The Bertz CT molecular complexity index is 1300. The van der Waals surface area contributed by atoms with Crippen molar-refractivity contribution in [2.45, 2.75) is 32.6 Å². The number of hydrogen-bond acceptors (Lipinski definition) is 7. The third kappa shape index (κ3) is 3.35. The second-order valence-electron chi connectivity index (χ2n) is 7.58. The molecular formula is C21H19FN8O. The number of pyridine rings is 2. The van der Waals surface area contributed by atoms with Gasteiger partial charge in [-0.15, -0.1) is 0 Å². The fourth-order valence-electron chi connectivity index (χ4n) is 3.55. The maximum atomic E-state index is 13.8. The molecular weight excluding hydrogens is 399 g/mol. The summed E-state index contributed by atoms with van der Waals surface area (Å²) in [5.74, 6) is 0.590. The fraction of sp³-hybridized carbons (Fsp3) is 0.238. The van der Waals surface area contributed by atoms with Gasteiger partial charge in [0.25, 0.3) is 0 Å². The largest absolute Gasteiger partial charge is 0.273 e. The molecule has 0 unspecified atom stereocenters. The highest BCUT2D eigenvalue weighted by atomic mass is 19.1. The minimum atomic E-state index is -0.489. The average Bonchev–Trinajstić information content (AvgIpc) is 3.20. The number of amides is 1. The van der Waals surface area contributed by atoms with Crippen LogP contribution < -0.4 is 10.4 Å². The van der Waals surface area contributed by atoms with Crippen LogP contribution in [0.3, 0.4) is 0 Å². The maximum absolute atomic E-state index is 13.8. The summed E-state index contributed by atoms with van der Waals surface area (Å²) in [6.45, 7) is 4.06. The molecule has 9 nitrogen and oxygen atoms in total. The molecule has 10 heteroatoms. The number of rotatable bonds is 4. The number of halogens is 1. The lowest BCUT2D eigenvalue weighted by Gasteiger charge is -2.28. The number of hydrogen-bond donors (Lipinski definition) is 1. The zero-order valence-corrected chi connectivity index (χ0v) is 16.9. The van der Waals surface area contributed by atoms with Crippen molar-refractivity contribution in [2.75, 3.05) is 10.4 Å². The summed E-state index contributed by atoms with van der Waals surface area (Å²) in [6.07, 6.45) is 6.94. The van der Waals surface area contributed by atoms with Crippen LogP contribution in [0.4, 0.5) is 16.2 Å². The number of carbonyl (C=O) groups excluding carboxylic acids is 1. The van der Waals surface area contributed by atoms with Crippen LogP contribution in [0.15, 0.2) is 43.0 Å². The van der Waals surface area contributed by atoms with Crippen molar-refractivity contribution in [1.82, 2.24) is 29.5 Å². The lowest BCUT2D eigenvalue weighted by Crippen LogP contribution is -2.41. The number of nitrogens with zero attached hydrogens (tertiary/aromatic N) is 7. The van der Waals surface area contributed by atoms with Crippen LogP contribution in [0.2, 0.25) is 0 Å². The summed E-state index contributed by atoms with van der Waals surface area (Å²) in [4.78, 5) is 30.1. The van der Waals surface area contributed by atoms with Gasteiger partial charge in [0.15, 0.2) is 17.3 Å². The van der Waals surface area contributed by atoms with Gasteiger partial charge >= 0.3 is 0 Å². The van der Waals surface area contributed by atoms with E-state index in [1.54, 1.807) is 12.4 Å². The number of anilines is 2. The number of fused-ring (bicyclic) bond motifs is 2. The van der Waals surface area contributed by atoms with E-state index in [-0.39, 0.29) is 23.6 Å². The molecule has 1 N–H and O–H groups in total. The summed E-state index contributed by atoms with van der Waals surface area (Å²) in [5.41, 5.74) is 5.91. The Morgan fingerprint density at radius 2 is 2.03 bits per heavy atom. The van der Waals surface area contributed by atoms with Gasteiger partial charge in [0, 0.05) is 29.9 Å². The third-order valence-electron chi connectivity index (χ3n) is 5.13. The van der Waals surface area contributed by atoms with Gasteiger partial charge in [-0.05, 0) is 30.0 Å². The second kappa shape index (κ2) is 7.38. The van der Waals surface area contributed by atoms with E-state index in [1.807, 2.05) is 26.0 Å². The summed E-state index contributed by atoms with van der Waals surface area (Å²) in [7, 11) is 0. The van der Waals surface area contributed by atoms with E-state index in [0.29, 0.717) is 29.9 Å². The van der Waals surface area contributed by atoms with Crippen LogP contribution >= 0.6 is 0 Å². The highest BCUT2D eigenvalue weighted by molar-refractivity contribution is 5.96. The lowest BCUT2D eigenvalue weighted by atomic mass is 10.1. The van der Waals surface area contributed by atoms with E-state index < -0.39 is 5.82 Å². The standard InChI is InChI=1S/C21H19FN8O/c1-12(2)16-11-25-30-20(16)26-18(14-8-15(22)10-23-9-14)27-21(30)28-29-17(31)6-5-13-4-3-7-24-19(13)29/h3-4,7-12H,5-6H2,1-2H3,(H,26,27,28). The molecule has 1 aliphatic heterocycles. The van der Waals surface area contributed by atoms with Crippen molar-refractivity contribution in [2.24, 2.45) is 0 Å². The molecule has 0 saturated carbocycles. The topological polar surface area (TPSA) is 101 Å². The number of aromatic nitrogens is 6. The van der Waals surface area contributed by atoms with Crippen LogP contribution in [0, 0.1) is 5.82 Å². The minimum Gasteiger partial charge on any atom is -0.273 e. The van der Waals surface area contributed by atoms with Crippen molar-refractivity contribution < 1.29 is 9.18 Å². The predicted molar refractivity (Wildman–Crippen MR) is 112 cm³/mol. The molecule has 0 aromatic carbocycles. The van der Waals surface area contributed by atoms with E-state index in [0.717, 1.165) is 17.3 Å². The molecule has 0 bridgehead atoms. The second-order valence-corrected chi connectivity index (χ2v) is 7.58. The molecule has 0 saturated heterocycles. The Morgan fingerprint density at radius 1 is 1.16 bits per heavy atom. The molecule has 0 aliphatic carbocycles. The molecule has 4 aromatic rings. The highest BCUT2D eigenvalue weighted by Gasteiger charge is 2.27. The highest BCUT2D eigenvalue weighted by Crippen LogP contribution is 2.28. The first-order valence-corrected chi connectivity index (χ1v) is 9.91. The summed E-state index contributed by atoms with van der Waals surface area (Å²) in [6, 6.07) is 5.09. The Labute approximate surface area is 177 Å². The first-order valence-electron chi connectivity index (χ1n) is 9.91. The molecule has 0 radical (unpaired) electrons. The fourth-order valence-corrected chi connectivity index (χ4v) is 3.55. The molecule has 31 heavy (non-hydrogen) atoms. The number of nitrogens with one attached hydrogen (secondary N) is 1. The van der Waals surface area contributed by atoms with E-state index in [9.17, 15) is 9.18 Å². The quantitative estimate of drug-likeness (QED) is 0.543. The van der Waals surface area contributed by atoms with Crippen molar-refractivity contribution >= 4 is 23.3 Å². The van der Waals surface area contributed by atoms with Crippen LogP contribution in [0.25, 0.3) is 17.0 Å². The summed E-state index contributed by atoms with van der Waals surface area (Å²) in [5, 5.41) is 5.80. The number of hydrazine groups is 1. The first kappa shape index (κ1) is 19.0. The third-order valence-corrected chi connectivity index (χ3v) is 5.13. The first-order chi connectivity index (χ1) is 15.0. The lowest BCUT2D eigenvalue weighted by molar-refractivity contribution is -0.118. The summed E-state index contributed by atoms with van der Waals surface area (Å²) >= 11 is 0. The molecule has 5 rings (SSSR count). The molecule has 0 fully saturated rings. The zero-order valence-electron chi connectivity index (χ0n) is 16.9. The van der Waals surface area contributed by atoms with Gasteiger partial charge in [0.2, 0.25) is 11.9 Å². The van der Waals surface area contributed by atoms with Gasteiger partial charge in [0.1, 0.15) is 5.82 Å². The average molecular weight is 418 g/mol. The molecule has 156 valence electrons. The Balaban J connectivity index is 1.67. The van der Waals surface area contributed by atoms with Gasteiger partial charge in [0.05, 0.1) is 12.4 Å². The van der Waals surface area contributed by atoms with E-state index in [4.69, 9.17) is 0 Å². The SMILES string of the molecule is CC(C)c1cnn2c(NN3C(=O)CCc4cccnc43)nc(-c3cncc(F)c3)nc12. The monoisotopic (exact) mass is 418 g/mol. The Morgan fingerprint density at radius 3 is 2.84 bits per heavy atom. The van der Waals surface area contributed by atoms with Gasteiger partial charge in [-0.2, -0.15) is 14.6 Å².